The molecular formula is C13H25N3O3. The Kier molecular flexibility index (Phi) is 7.43. The minimum Gasteiger partial charge on any atom is -0.481 e. The average Bonchev–Trinajstić information content (AvgIpc) is 2.37. The molecule has 0 bridgehead atoms. The van der Waals surface area contributed by atoms with Gasteiger partial charge in [-0.15, -0.1) is 0 Å². The first-order chi connectivity index (χ1) is 9.08. The van der Waals surface area contributed by atoms with Gasteiger partial charge in [0, 0.05) is 39.1 Å². The maximum atomic E-state index is 11.7. The number of nitrogens with one attached hydrogen (secondary N) is 2. The largest absolute Gasteiger partial charge is 0.481 e. The summed E-state index contributed by atoms with van der Waals surface area (Å²) in [5.41, 5.74) is 0. The summed E-state index contributed by atoms with van der Waals surface area (Å²) in [5.74, 6) is -0.363. The summed E-state index contributed by atoms with van der Waals surface area (Å²) in [7, 11) is 0. The van der Waals surface area contributed by atoms with Crippen LogP contribution in [-0.2, 0) is 9.59 Å². The van der Waals surface area contributed by atoms with E-state index in [1.54, 1.807) is 0 Å². The number of rotatable bonds is 8. The van der Waals surface area contributed by atoms with Crippen molar-refractivity contribution in [2.45, 2.75) is 26.2 Å². The molecule has 0 radical (unpaired) electrons. The van der Waals surface area contributed by atoms with Gasteiger partial charge in [0.25, 0.3) is 0 Å². The molecule has 6 heteroatoms. The predicted molar refractivity (Wildman–Crippen MR) is 73.0 cm³/mol. The van der Waals surface area contributed by atoms with Crippen LogP contribution in [0.15, 0.2) is 0 Å². The molecule has 1 fully saturated rings. The number of hydrogen-bond donors (Lipinski definition) is 3. The van der Waals surface area contributed by atoms with Gasteiger partial charge in [-0.2, -0.15) is 0 Å². The van der Waals surface area contributed by atoms with Gasteiger partial charge < -0.3 is 15.7 Å². The second-order valence-corrected chi connectivity index (χ2v) is 5.20. The van der Waals surface area contributed by atoms with Crippen molar-refractivity contribution in [3.05, 3.63) is 0 Å². The number of hydrogen-bond acceptors (Lipinski definition) is 4. The number of carboxylic acid groups (broad SMARTS) is 1. The van der Waals surface area contributed by atoms with Crippen LogP contribution in [0.3, 0.4) is 0 Å². The zero-order chi connectivity index (χ0) is 14.1. The van der Waals surface area contributed by atoms with E-state index in [1.165, 1.54) is 0 Å². The van der Waals surface area contributed by atoms with E-state index < -0.39 is 5.97 Å². The molecule has 1 aliphatic heterocycles. The van der Waals surface area contributed by atoms with Crippen LogP contribution < -0.4 is 10.6 Å². The maximum absolute atomic E-state index is 11.7. The second kappa shape index (κ2) is 8.87. The highest BCUT2D eigenvalue weighted by Crippen LogP contribution is 2.09. The Labute approximate surface area is 114 Å². The molecule has 0 aromatic carbocycles. The van der Waals surface area contributed by atoms with Crippen molar-refractivity contribution >= 4 is 11.9 Å². The predicted octanol–water partition coefficient (Wildman–Crippen LogP) is -0.101. The Morgan fingerprint density at radius 1 is 1.32 bits per heavy atom. The average molecular weight is 271 g/mol. The molecule has 0 saturated carbocycles. The van der Waals surface area contributed by atoms with Gasteiger partial charge in [-0.05, 0) is 18.8 Å². The van der Waals surface area contributed by atoms with Gasteiger partial charge in [-0.1, -0.05) is 6.92 Å². The minimum atomic E-state index is -0.755. The lowest BCUT2D eigenvalue weighted by Crippen LogP contribution is -2.47. The third-order valence-corrected chi connectivity index (χ3v) is 3.39. The molecule has 0 spiro atoms. The fourth-order valence-corrected chi connectivity index (χ4v) is 2.10. The molecule has 0 aromatic rings. The summed E-state index contributed by atoms with van der Waals surface area (Å²) in [4.78, 5) is 24.3. The summed E-state index contributed by atoms with van der Waals surface area (Å²) in [6.45, 7) is 6.84. The van der Waals surface area contributed by atoms with Crippen LogP contribution in [-0.4, -0.2) is 61.2 Å². The number of carboxylic acids is 1. The van der Waals surface area contributed by atoms with Crippen LogP contribution in [0.5, 0.6) is 0 Å². The lowest BCUT2D eigenvalue weighted by atomic mass is 10.0. The Bertz CT molecular complexity index is 291. The molecule has 0 aliphatic carbocycles. The summed E-state index contributed by atoms with van der Waals surface area (Å²) in [6.07, 6.45) is 1.71. The first-order valence-electron chi connectivity index (χ1n) is 6.99. The third-order valence-electron chi connectivity index (χ3n) is 3.39. The van der Waals surface area contributed by atoms with Crippen molar-refractivity contribution in [1.82, 2.24) is 15.5 Å². The topological polar surface area (TPSA) is 81.7 Å². The monoisotopic (exact) mass is 271 g/mol. The molecule has 110 valence electrons. The zero-order valence-electron chi connectivity index (χ0n) is 11.7. The summed E-state index contributed by atoms with van der Waals surface area (Å²) < 4.78 is 0. The Morgan fingerprint density at radius 3 is 2.63 bits per heavy atom. The SMILES string of the molecule is CC(CCNC(=O)CN1CCNCC1)CCC(=O)O. The minimum absolute atomic E-state index is 0.0623. The number of carbonyl (C=O) groups is 2. The van der Waals surface area contributed by atoms with Crippen LogP contribution in [0.4, 0.5) is 0 Å². The van der Waals surface area contributed by atoms with Gasteiger partial charge in [-0.25, -0.2) is 0 Å². The van der Waals surface area contributed by atoms with Crippen LogP contribution in [0.2, 0.25) is 0 Å². The van der Waals surface area contributed by atoms with Crippen molar-refractivity contribution in [3.8, 4) is 0 Å². The molecule has 3 N–H and O–H groups in total. The highest BCUT2D eigenvalue weighted by atomic mass is 16.4. The van der Waals surface area contributed by atoms with E-state index in [1.807, 2.05) is 6.92 Å². The number of aliphatic carboxylic acids is 1. The van der Waals surface area contributed by atoms with Crippen LogP contribution in [0.1, 0.15) is 26.2 Å². The van der Waals surface area contributed by atoms with Crippen molar-refractivity contribution in [1.29, 1.82) is 0 Å². The second-order valence-electron chi connectivity index (χ2n) is 5.20. The van der Waals surface area contributed by atoms with Gasteiger partial charge in [0.15, 0.2) is 0 Å². The van der Waals surface area contributed by atoms with Crippen molar-refractivity contribution < 1.29 is 14.7 Å². The van der Waals surface area contributed by atoms with E-state index in [0.717, 1.165) is 32.6 Å². The van der Waals surface area contributed by atoms with E-state index in [0.29, 0.717) is 25.4 Å². The van der Waals surface area contributed by atoms with Gasteiger partial charge in [-0.3, -0.25) is 14.5 Å². The molecule has 1 heterocycles. The highest BCUT2D eigenvalue weighted by molar-refractivity contribution is 5.77. The number of nitrogens with zero attached hydrogens (tertiary/aromatic N) is 1. The van der Waals surface area contributed by atoms with E-state index >= 15 is 0 Å². The molecule has 1 unspecified atom stereocenters. The maximum Gasteiger partial charge on any atom is 0.303 e. The molecule has 0 aromatic heterocycles. The molecule has 19 heavy (non-hydrogen) atoms. The normalized spacial score (nSPS) is 17.9. The van der Waals surface area contributed by atoms with Crippen molar-refractivity contribution in [2.24, 2.45) is 5.92 Å². The lowest BCUT2D eigenvalue weighted by molar-refractivity contribution is -0.137. The van der Waals surface area contributed by atoms with E-state index in [-0.39, 0.29) is 12.3 Å². The third kappa shape index (κ3) is 7.79. The standard InChI is InChI=1S/C13H25N3O3/c1-11(2-3-13(18)19)4-5-15-12(17)10-16-8-6-14-7-9-16/h11,14H,2-10H2,1H3,(H,15,17)(H,18,19). The molecule has 6 nitrogen and oxygen atoms in total. The Hall–Kier alpha value is -1.14. The molecule has 1 atom stereocenters. The molecule has 1 rings (SSSR count). The Balaban J connectivity index is 2.04. The first kappa shape index (κ1) is 15.9. The number of piperazine rings is 1. The summed E-state index contributed by atoms with van der Waals surface area (Å²) in [6, 6.07) is 0. The van der Waals surface area contributed by atoms with Gasteiger partial charge in [0.1, 0.15) is 0 Å². The van der Waals surface area contributed by atoms with Gasteiger partial charge in [0.05, 0.1) is 6.54 Å². The lowest BCUT2D eigenvalue weighted by Gasteiger charge is -2.26. The first-order valence-corrected chi connectivity index (χ1v) is 6.99. The smallest absolute Gasteiger partial charge is 0.303 e. The van der Waals surface area contributed by atoms with Gasteiger partial charge in [0.2, 0.25) is 5.91 Å². The van der Waals surface area contributed by atoms with Crippen molar-refractivity contribution in [3.63, 3.8) is 0 Å². The Morgan fingerprint density at radius 2 is 2.00 bits per heavy atom. The van der Waals surface area contributed by atoms with Crippen LogP contribution in [0.25, 0.3) is 0 Å². The number of amides is 1. The van der Waals surface area contributed by atoms with Crippen LogP contribution >= 0.6 is 0 Å². The summed E-state index contributed by atoms with van der Waals surface area (Å²) in [5, 5.41) is 14.7. The van der Waals surface area contributed by atoms with E-state index in [4.69, 9.17) is 5.11 Å². The van der Waals surface area contributed by atoms with E-state index in [2.05, 4.69) is 15.5 Å². The fourth-order valence-electron chi connectivity index (χ4n) is 2.10. The molecule has 1 amide bonds. The van der Waals surface area contributed by atoms with E-state index in [9.17, 15) is 9.59 Å². The quantitative estimate of drug-likeness (QED) is 0.574. The molecule has 1 aliphatic rings. The fraction of sp³-hybridized carbons (Fsp3) is 0.846. The summed E-state index contributed by atoms with van der Waals surface area (Å²) >= 11 is 0. The number of carbonyl (C=O) groups excluding carboxylic acids is 1. The van der Waals surface area contributed by atoms with Gasteiger partial charge >= 0.3 is 5.97 Å². The highest BCUT2D eigenvalue weighted by Gasteiger charge is 2.13. The molecule has 1 saturated heterocycles. The van der Waals surface area contributed by atoms with Crippen LogP contribution in [0, 0.1) is 5.92 Å². The molecular weight excluding hydrogens is 246 g/mol. The zero-order valence-corrected chi connectivity index (χ0v) is 11.7. The van der Waals surface area contributed by atoms with Crippen molar-refractivity contribution in [2.75, 3.05) is 39.3 Å².